The van der Waals surface area contributed by atoms with E-state index in [2.05, 4.69) is 10.4 Å². The van der Waals surface area contributed by atoms with Gasteiger partial charge in [-0.25, -0.2) is 10.8 Å². The highest BCUT2D eigenvalue weighted by Gasteiger charge is 2.15. The van der Waals surface area contributed by atoms with Crippen molar-refractivity contribution in [3.8, 4) is 0 Å². The van der Waals surface area contributed by atoms with E-state index in [9.17, 15) is 10.1 Å². The molecule has 0 radical (unpaired) electrons. The van der Waals surface area contributed by atoms with Crippen LogP contribution < -0.4 is 16.2 Å². The number of hydrazine groups is 1. The van der Waals surface area contributed by atoms with Crippen LogP contribution in [0.5, 0.6) is 0 Å². The summed E-state index contributed by atoms with van der Waals surface area (Å²) < 4.78 is 0. The molecule has 2 aromatic rings. The van der Waals surface area contributed by atoms with Crippen molar-refractivity contribution in [2.75, 3.05) is 16.9 Å². The fraction of sp³-hybridized carbons (Fsp3) is 0.214. The van der Waals surface area contributed by atoms with Crippen LogP contribution >= 0.6 is 0 Å². The van der Waals surface area contributed by atoms with Crippen LogP contribution in [0.2, 0.25) is 0 Å². The Bertz CT molecular complexity index is 618. The molecule has 0 fully saturated rings. The predicted molar refractivity (Wildman–Crippen MR) is 81.9 cm³/mol. The second kappa shape index (κ2) is 6.67. The molecular formula is C14H17N5O2. The molecule has 1 aromatic heterocycles. The van der Waals surface area contributed by atoms with Crippen molar-refractivity contribution in [3.05, 3.63) is 58.1 Å². The van der Waals surface area contributed by atoms with E-state index in [1.165, 1.54) is 12.1 Å². The number of hydrogen-bond donors (Lipinski definition) is 2. The van der Waals surface area contributed by atoms with Gasteiger partial charge in [0.25, 0.3) is 5.69 Å². The van der Waals surface area contributed by atoms with E-state index in [1.807, 2.05) is 42.2 Å². The molecule has 0 aliphatic rings. The molecule has 1 aromatic carbocycles. The van der Waals surface area contributed by atoms with Gasteiger partial charge in [-0.15, -0.1) is 0 Å². The van der Waals surface area contributed by atoms with Crippen LogP contribution in [0.1, 0.15) is 12.5 Å². The standard InChI is InChI=1S/C14H17N5O2/c1-2-18(10-11-6-4-3-5-7-11)14-9-12(19(20)21)8-13(16-14)17-15/h3-9H,2,10,15H2,1H3,(H,16,17). The molecule has 7 heteroatoms. The molecule has 21 heavy (non-hydrogen) atoms. The van der Waals surface area contributed by atoms with Gasteiger partial charge in [0.05, 0.1) is 17.1 Å². The van der Waals surface area contributed by atoms with E-state index in [0.29, 0.717) is 18.9 Å². The highest BCUT2D eigenvalue weighted by molar-refractivity contribution is 5.55. The van der Waals surface area contributed by atoms with E-state index in [1.54, 1.807) is 0 Å². The zero-order valence-electron chi connectivity index (χ0n) is 11.7. The average Bonchev–Trinajstić information content (AvgIpc) is 2.53. The van der Waals surface area contributed by atoms with E-state index in [-0.39, 0.29) is 11.5 Å². The number of nitrogen functional groups attached to an aromatic ring is 1. The Kier molecular flexibility index (Phi) is 4.68. The fourth-order valence-electron chi connectivity index (χ4n) is 2.00. The quantitative estimate of drug-likeness (QED) is 0.480. The van der Waals surface area contributed by atoms with Gasteiger partial charge < -0.3 is 10.3 Å². The van der Waals surface area contributed by atoms with Crippen molar-refractivity contribution in [3.63, 3.8) is 0 Å². The molecule has 0 saturated heterocycles. The molecule has 1 heterocycles. The summed E-state index contributed by atoms with van der Waals surface area (Å²) in [6, 6.07) is 12.6. The number of anilines is 2. The lowest BCUT2D eigenvalue weighted by molar-refractivity contribution is -0.384. The second-order valence-electron chi connectivity index (χ2n) is 4.47. The Morgan fingerprint density at radius 1 is 1.33 bits per heavy atom. The summed E-state index contributed by atoms with van der Waals surface area (Å²) in [6.07, 6.45) is 0. The van der Waals surface area contributed by atoms with Crippen LogP contribution in [0.3, 0.4) is 0 Å². The van der Waals surface area contributed by atoms with Crippen molar-refractivity contribution >= 4 is 17.3 Å². The van der Waals surface area contributed by atoms with Gasteiger partial charge in [-0.2, -0.15) is 0 Å². The average molecular weight is 287 g/mol. The van der Waals surface area contributed by atoms with Crippen LogP contribution in [0.4, 0.5) is 17.3 Å². The summed E-state index contributed by atoms with van der Waals surface area (Å²) in [5.74, 6) is 6.11. The molecule has 0 unspecified atom stereocenters. The maximum atomic E-state index is 11.0. The lowest BCUT2D eigenvalue weighted by Gasteiger charge is -2.22. The number of nitrogens with zero attached hydrogens (tertiary/aromatic N) is 3. The largest absolute Gasteiger partial charge is 0.352 e. The monoisotopic (exact) mass is 287 g/mol. The molecule has 0 aliphatic heterocycles. The lowest BCUT2D eigenvalue weighted by Crippen LogP contribution is -2.24. The highest BCUT2D eigenvalue weighted by atomic mass is 16.6. The minimum absolute atomic E-state index is 0.0422. The van der Waals surface area contributed by atoms with Crippen LogP contribution in [0.25, 0.3) is 0 Å². The first-order valence-electron chi connectivity index (χ1n) is 6.56. The highest BCUT2D eigenvalue weighted by Crippen LogP contribution is 2.24. The SMILES string of the molecule is CCN(Cc1ccccc1)c1cc([N+](=O)[O-])cc(NN)n1. The van der Waals surface area contributed by atoms with E-state index in [0.717, 1.165) is 5.56 Å². The summed E-state index contributed by atoms with van der Waals surface area (Å²) in [5, 5.41) is 11.0. The number of benzene rings is 1. The molecule has 2 rings (SSSR count). The van der Waals surface area contributed by atoms with Crippen molar-refractivity contribution in [1.82, 2.24) is 4.98 Å². The number of rotatable bonds is 6. The molecule has 3 N–H and O–H groups in total. The van der Waals surface area contributed by atoms with Crippen molar-refractivity contribution in [2.24, 2.45) is 5.84 Å². The number of nitro groups is 1. The molecule has 0 aliphatic carbocycles. The Morgan fingerprint density at radius 2 is 2.05 bits per heavy atom. The first-order valence-corrected chi connectivity index (χ1v) is 6.56. The van der Waals surface area contributed by atoms with Crippen molar-refractivity contribution in [1.29, 1.82) is 0 Å². The van der Waals surface area contributed by atoms with Gasteiger partial charge in [-0.05, 0) is 12.5 Å². The molecule has 0 atom stereocenters. The van der Waals surface area contributed by atoms with E-state index < -0.39 is 4.92 Å². The maximum Gasteiger partial charge on any atom is 0.276 e. The summed E-state index contributed by atoms with van der Waals surface area (Å²) in [5.41, 5.74) is 3.43. The smallest absolute Gasteiger partial charge is 0.276 e. The van der Waals surface area contributed by atoms with Gasteiger partial charge in [-0.3, -0.25) is 10.1 Å². The third-order valence-electron chi connectivity index (χ3n) is 3.08. The molecule has 0 amide bonds. The van der Waals surface area contributed by atoms with Gasteiger partial charge in [0, 0.05) is 13.1 Å². The number of aromatic nitrogens is 1. The summed E-state index contributed by atoms with van der Waals surface area (Å²) >= 11 is 0. The fourth-order valence-corrected chi connectivity index (χ4v) is 2.00. The molecule has 0 bridgehead atoms. The number of nitrogens with one attached hydrogen (secondary N) is 1. The van der Waals surface area contributed by atoms with Gasteiger partial charge in [-0.1, -0.05) is 30.3 Å². The normalized spacial score (nSPS) is 10.2. The first-order chi connectivity index (χ1) is 10.1. The van der Waals surface area contributed by atoms with Crippen LogP contribution in [-0.4, -0.2) is 16.5 Å². The van der Waals surface area contributed by atoms with Gasteiger partial charge in [0.2, 0.25) is 0 Å². The lowest BCUT2D eigenvalue weighted by atomic mass is 10.2. The van der Waals surface area contributed by atoms with Crippen LogP contribution in [-0.2, 0) is 6.54 Å². The first kappa shape index (κ1) is 14.7. The summed E-state index contributed by atoms with van der Waals surface area (Å²) in [7, 11) is 0. The Labute approximate surface area is 122 Å². The van der Waals surface area contributed by atoms with Crippen LogP contribution in [0, 0.1) is 10.1 Å². The van der Waals surface area contributed by atoms with Crippen LogP contribution in [0.15, 0.2) is 42.5 Å². The Hall–Kier alpha value is -2.67. The van der Waals surface area contributed by atoms with Gasteiger partial charge >= 0.3 is 0 Å². The number of nitrogens with two attached hydrogens (primary N) is 1. The van der Waals surface area contributed by atoms with E-state index >= 15 is 0 Å². The molecular weight excluding hydrogens is 270 g/mol. The zero-order chi connectivity index (χ0) is 15.2. The maximum absolute atomic E-state index is 11.0. The van der Waals surface area contributed by atoms with Crippen molar-refractivity contribution < 1.29 is 4.92 Å². The topological polar surface area (TPSA) is 97.3 Å². The summed E-state index contributed by atoms with van der Waals surface area (Å²) in [4.78, 5) is 16.8. The van der Waals surface area contributed by atoms with E-state index in [4.69, 9.17) is 5.84 Å². The molecule has 0 spiro atoms. The van der Waals surface area contributed by atoms with Crippen molar-refractivity contribution in [2.45, 2.75) is 13.5 Å². The number of hydrogen-bond acceptors (Lipinski definition) is 6. The van der Waals surface area contributed by atoms with Gasteiger partial charge in [0.15, 0.2) is 0 Å². The zero-order valence-corrected chi connectivity index (χ0v) is 11.7. The third kappa shape index (κ3) is 3.67. The molecule has 7 nitrogen and oxygen atoms in total. The number of pyridine rings is 1. The summed E-state index contributed by atoms with van der Waals surface area (Å²) in [6.45, 7) is 3.27. The minimum atomic E-state index is -0.456. The Morgan fingerprint density at radius 3 is 2.62 bits per heavy atom. The third-order valence-corrected chi connectivity index (χ3v) is 3.08. The Balaban J connectivity index is 2.32. The van der Waals surface area contributed by atoms with Gasteiger partial charge in [0.1, 0.15) is 11.6 Å². The minimum Gasteiger partial charge on any atom is -0.352 e. The second-order valence-corrected chi connectivity index (χ2v) is 4.47. The molecule has 110 valence electrons. The molecule has 0 saturated carbocycles. The predicted octanol–water partition coefficient (Wildman–Crippen LogP) is 2.30.